The summed E-state index contributed by atoms with van der Waals surface area (Å²) in [5, 5.41) is 3.40. The molecule has 0 aliphatic carbocycles. The second kappa shape index (κ2) is 6.58. The molecular formula is C18H27N5S. The van der Waals surface area contributed by atoms with Crippen molar-refractivity contribution < 1.29 is 0 Å². The molecule has 2 saturated heterocycles. The van der Waals surface area contributed by atoms with Gasteiger partial charge in [-0.3, -0.25) is 9.80 Å². The number of nitrogens with zero attached hydrogens (tertiary/aromatic N) is 5. The topological polar surface area (TPSA) is 37.2 Å². The highest BCUT2D eigenvalue weighted by Gasteiger charge is 2.40. The van der Waals surface area contributed by atoms with Crippen LogP contribution in [0.5, 0.6) is 0 Å². The van der Waals surface area contributed by atoms with E-state index in [1.807, 2.05) is 12.4 Å². The Morgan fingerprint density at radius 2 is 1.88 bits per heavy atom. The lowest BCUT2D eigenvalue weighted by Gasteiger charge is -2.39. The van der Waals surface area contributed by atoms with Crippen molar-refractivity contribution in [2.24, 2.45) is 12.5 Å². The lowest BCUT2D eigenvalue weighted by Crippen LogP contribution is -2.41. The Morgan fingerprint density at radius 3 is 2.50 bits per heavy atom. The molecule has 0 saturated carbocycles. The minimum atomic E-state index is 0.545. The number of aromatic nitrogens is 3. The molecule has 130 valence electrons. The van der Waals surface area contributed by atoms with Gasteiger partial charge in [0.25, 0.3) is 0 Å². The Bertz CT molecular complexity index is 683. The van der Waals surface area contributed by atoms with Crippen LogP contribution in [0, 0.1) is 12.3 Å². The monoisotopic (exact) mass is 345 g/mol. The minimum Gasteiger partial charge on any atom is -0.337 e. The number of aryl methyl sites for hydroxylation is 2. The van der Waals surface area contributed by atoms with E-state index in [1.54, 1.807) is 11.3 Å². The van der Waals surface area contributed by atoms with E-state index in [0.29, 0.717) is 5.41 Å². The van der Waals surface area contributed by atoms with Gasteiger partial charge in [0, 0.05) is 37.9 Å². The molecule has 0 aromatic carbocycles. The highest BCUT2D eigenvalue weighted by Crippen LogP contribution is 2.41. The molecular weight excluding hydrogens is 318 g/mol. The van der Waals surface area contributed by atoms with Crippen molar-refractivity contribution in [3.8, 4) is 0 Å². The van der Waals surface area contributed by atoms with Gasteiger partial charge in [0.1, 0.15) is 5.82 Å². The Labute approximate surface area is 148 Å². The van der Waals surface area contributed by atoms with Gasteiger partial charge in [-0.25, -0.2) is 9.97 Å². The van der Waals surface area contributed by atoms with Crippen LogP contribution in [-0.4, -0.2) is 50.5 Å². The molecule has 5 nitrogen and oxygen atoms in total. The lowest BCUT2D eigenvalue weighted by atomic mass is 9.78. The molecule has 4 rings (SSSR count). The van der Waals surface area contributed by atoms with E-state index >= 15 is 0 Å². The molecule has 2 fully saturated rings. The van der Waals surface area contributed by atoms with E-state index < -0.39 is 0 Å². The first kappa shape index (κ1) is 16.2. The summed E-state index contributed by atoms with van der Waals surface area (Å²) in [5.74, 6) is 1.18. The molecule has 4 heterocycles. The number of hydrogen-bond donors (Lipinski definition) is 0. The van der Waals surface area contributed by atoms with Crippen LogP contribution in [0.25, 0.3) is 0 Å². The maximum atomic E-state index is 4.63. The predicted octanol–water partition coefficient (Wildman–Crippen LogP) is 2.67. The zero-order valence-electron chi connectivity index (χ0n) is 14.7. The lowest BCUT2D eigenvalue weighted by molar-refractivity contribution is 0.0993. The highest BCUT2D eigenvalue weighted by atomic mass is 32.1. The van der Waals surface area contributed by atoms with Crippen molar-refractivity contribution in [3.63, 3.8) is 0 Å². The van der Waals surface area contributed by atoms with E-state index in [-0.39, 0.29) is 0 Å². The van der Waals surface area contributed by atoms with Crippen LogP contribution in [0.2, 0.25) is 0 Å². The maximum Gasteiger partial charge on any atom is 0.122 e. The largest absolute Gasteiger partial charge is 0.337 e. The molecule has 2 aliphatic heterocycles. The second-order valence-electron chi connectivity index (χ2n) is 7.55. The summed E-state index contributed by atoms with van der Waals surface area (Å²) in [4.78, 5) is 14.3. The Balaban J connectivity index is 1.30. The molecule has 0 N–H and O–H groups in total. The highest BCUT2D eigenvalue weighted by molar-refractivity contribution is 7.09. The van der Waals surface area contributed by atoms with Crippen LogP contribution in [0.4, 0.5) is 0 Å². The molecule has 2 aromatic rings. The van der Waals surface area contributed by atoms with Crippen LogP contribution in [0.1, 0.15) is 35.8 Å². The van der Waals surface area contributed by atoms with E-state index in [4.69, 9.17) is 0 Å². The minimum absolute atomic E-state index is 0.545. The van der Waals surface area contributed by atoms with Gasteiger partial charge in [-0.15, -0.1) is 11.3 Å². The molecule has 0 amide bonds. The van der Waals surface area contributed by atoms with Crippen LogP contribution >= 0.6 is 11.3 Å². The third kappa shape index (κ3) is 3.41. The Hall–Kier alpha value is -1.24. The van der Waals surface area contributed by atoms with Gasteiger partial charge in [0.05, 0.1) is 17.2 Å². The van der Waals surface area contributed by atoms with Gasteiger partial charge < -0.3 is 4.57 Å². The normalized spacial score (nSPS) is 21.8. The van der Waals surface area contributed by atoms with Crippen LogP contribution < -0.4 is 0 Å². The molecule has 6 heteroatoms. The summed E-state index contributed by atoms with van der Waals surface area (Å²) >= 11 is 1.77. The first-order valence-corrected chi connectivity index (χ1v) is 9.82. The summed E-state index contributed by atoms with van der Waals surface area (Å²) in [7, 11) is 2.09. The average Bonchev–Trinajstić information content (AvgIpc) is 3.26. The van der Waals surface area contributed by atoms with Crippen molar-refractivity contribution >= 4 is 11.3 Å². The first-order chi connectivity index (χ1) is 11.6. The second-order valence-corrected chi connectivity index (χ2v) is 8.61. The van der Waals surface area contributed by atoms with Gasteiger partial charge >= 0.3 is 0 Å². The van der Waals surface area contributed by atoms with Crippen molar-refractivity contribution in [2.75, 3.05) is 26.2 Å². The quantitative estimate of drug-likeness (QED) is 0.854. The third-order valence-electron chi connectivity index (χ3n) is 5.77. The predicted molar refractivity (Wildman–Crippen MR) is 96.9 cm³/mol. The van der Waals surface area contributed by atoms with Gasteiger partial charge in [0.15, 0.2) is 0 Å². The number of piperidine rings is 1. The number of hydrogen-bond acceptors (Lipinski definition) is 5. The number of rotatable bonds is 4. The Kier molecular flexibility index (Phi) is 4.45. The molecule has 2 aromatic heterocycles. The van der Waals surface area contributed by atoms with Crippen molar-refractivity contribution in [2.45, 2.75) is 39.3 Å². The average molecular weight is 346 g/mol. The van der Waals surface area contributed by atoms with Crippen LogP contribution in [0.15, 0.2) is 17.8 Å². The van der Waals surface area contributed by atoms with Crippen molar-refractivity contribution in [1.82, 2.24) is 24.3 Å². The number of likely N-dealkylation sites (tertiary alicyclic amines) is 2. The fourth-order valence-electron chi connectivity index (χ4n) is 4.22. The zero-order valence-corrected chi connectivity index (χ0v) is 15.6. The third-order valence-corrected chi connectivity index (χ3v) is 6.59. The summed E-state index contributed by atoms with van der Waals surface area (Å²) < 4.78 is 2.14. The zero-order chi connectivity index (χ0) is 16.6. The maximum absolute atomic E-state index is 4.63. The molecule has 1 spiro atoms. The van der Waals surface area contributed by atoms with E-state index in [1.165, 1.54) is 62.0 Å². The van der Waals surface area contributed by atoms with Crippen molar-refractivity contribution in [1.29, 1.82) is 0 Å². The molecule has 2 aliphatic rings. The molecule has 0 radical (unpaired) electrons. The van der Waals surface area contributed by atoms with E-state index in [9.17, 15) is 0 Å². The molecule has 24 heavy (non-hydrogen) atoms. The van der Waals surface area contributed by atoms with E-state index in [2.05, 4.69) is 43.7 Å². The van der Waals surface area contributed by atoms with Gasteiger partial charge in [-0.1, -0.05) is 0 Å². The fourth-order valence-corrected chi connectivity index (χ4v) is 4.82. The van der Waals surface area contributed by atoms with Gasteiger partial charge in [-0.05, 0) is 51.2 Å². The fraction of sp³-hybridized carbons (Fsp3) is 0.667. The standard InChI is InChI=1S/C18H27N5S/c1-15-20-16(13-24-15)11-23-9-5-18(14-23)3-7-22(8-4-18)12-17-19-6-10-21(17)2/h6,10,13H,3-5,7-9,11-12,14H2,1-2H3. The van der Waals surface area contributed by atoms with Gasteiger partial charge in [0.2, 0.25) is 0 Å². The number of thiazole rings is 1. The van der Waals surface area contributed by atoms with Crippen LogP contribution in [0.3, 0.4) is 0 Å². The smallest absolute Gasteiger partial charge is 0.122 e. The Morgan fingerprint density at radius 1 is 1.12 bits per heavy atom. The van der Waals surface area contributed by atoms with Crippen LogP contribution in [-0.2, 0) is 20.1 Å². The molecule has 0 bridgehead atoms. The number of imidazole rings is 1. The summed E-state index contributed by atoms with van der Waals surface area (Å²) in [5.41, 5.74) is 1.80. The van der Waals surface area contributed by atoms with Gasteiger partial charge in [-0.2, -0.15) is 0 Å². The first-order valence-electron chi connectivity index (χ1n) is 8.94. The van der Waals surface area contributed by atoms with Crippen molar-refractivity contribution in [3.05, 3.63) is 34.3 Å². The van der Waals surface area contributed by atoms with E-state index in [0.717, 1.165) is 13.1 Å². The summed E-state index contributed by atoms with van der Waals surface area (Å²) in [6.07, 6.45) is 7.94. The summed E-state index contributed by atoms with van der Waals surface area (Å²) in [6.45, 7) is 9.00. The SMILES string of the molecule is Cc1nc(CN2CCC3(CCN(Cc4nccn4C)CC3)C2)cs1. The summed E-state index contributed by atoms with van der Waals surface area (Å²) in [6, 6.07) is 0. The molecule has 0 atom stereocenters. The molecule has 0 unspecified atom stereocenters.